The first-order chi connectivity index (χ1) is 11.9. The Hall–Kier alpha value is -1.83. The molecule has 2 aliphatic carbocycles. The normalized spacial score (nSPS) is 25.6. The van der Waals surface area contributed by atoms with Gasteiger partial charge in [0.25, 0.3) is 0 Å². The Morgan fingerprint density at radius 1 is 1.36 bits per heavy atom. The molecule has 1 aromatic rings. The number of anilines is 1. The van der Waals surface area contributed by atoms with Crippen LogP contribution in [-0.4, -0.2) is 33.7 Å². The van der Waals surface area contributed by atoms with E-state index in [0.29, 0.717) is 16.9 Å². The van der Waals surface area contributed by atoms with Gasteiger partial charge in [-0.25, -0.2) is 14.8 Å². The maximum atomic E-state index is 12.0. The van der Waals surface area contributed by atoms with Crippen molar-refractivity contribution in [3.8, 4) is 0 Å². The Morgan fingerprint density at radius 2 is 2.16 bits per heavy atom. The predicted molar refractivity (Wildman–Crippen MR) is 97.0 cm³/mol. The molecule has 2 bridgehead atoms. The van der Waals surface area contributed by atoms with E-state index in [0.717, 1.165) is 29.3 Å². The van der Waals surface area contributed by atoms with Crippen molar-refractivity contribution < 1.29 is 9.59 Å². The van der Waals surface area contributed by atoms with Gasteiger partial charge >= 0.3 is 6.03 Å². The van der Waals surface area contributed by atoms with E-state index < -0.39 is 6.03 Å². The molecule has 4 N–H and O–H groups in total. The highest BCUT2D eigenvalue weighted by atomic mass is 32.2. The molecule has 0 aromatic carbocycles. The maximum absolute atomic E-state index is 12.0. The minimum Gasteiger partial charge on any atom is -0.384 e. The SMILES string of the molecule is Cc1cc(N)nc(SCC(=O)NC(=O)NC(C)C2CC3CCC2C3)n1. The second kappa shape index (κ2) is 7.59. The number of thioether (sulfide) groups is 1. The summed E-state index contributed by atoms with van der Waals surface area (Å²) >= 11 is 1.16. The number of nitrogens with one attached hydrogen (secondary N) is 2. The molecule has 7 nitrogen and oxygen atoms in total. The number of carbonyl (C=O) groups excluding carboxylic acids is 2. The van der Waals surface area contributed by atoms with Crippen LogP contribution in [0.4, 0.5) is 10.6 Å². The van der Waals surface area contributed by atoms with E-state index in [1.807, 2.05) is 13.8 Å². The van der Waals surface area contributed by atoms with Crippen LogP contribution in [0, 0.1) is 24.7 Å². The van der Waals surface area contributed by atoms with Crippen LogP contribution in [-0.2, 0) is 4.79 Å². The average molecular weight is 363 g/mol. The minimum atomic E-state index is -0.425. The number of nitrogens with zero attached hydrogens (tertiary/aromatic N) is 2. The summed E-state index contributed by atoms with van der Waals surface area (Å²) in [6.45, 7) is 3.85. The number of urea groups is 1. The Bertz CT molecular complexity index is 648. The zero-order valence-electron chi connectivity index (χ0n) is 14.6. The smallest absolute Gasteiger partial charge is 0.321 e. The van der Waals surface area contributed by atoms with E-state index in [1.165, 1.54) is 25.7 Å². The summed E-state index contributed by atoms with van der Waals surface area (Å²) in [6, 6.07) is 1.33. The van der Waals surface area contributed by atoms with E-state index >= 15 is 0 Å². The zero-order chi connectivity index (χ0) is 18.0. The number of nitrogen functional groups attached to an aromatic ring is 1. The number of rotatable bonds is 5. The fourth-order valence-electron chi connectivity index (χ4n) is 4.18. The van der Waals surface area contributed by atoms with E-state index in [-0.39, 0.29) is 17.7 Å². The molecule has 4 atom stereocenters. The van der Waals surface area contributed by atoms with E-state index in [1.54, 1.807) is 6.07 Å². The first-order valence-electron chi connectivity index (χ1n) is 8.75. The second-order valence-electron chi connectivity index (χ2n) is 7.15. The van der Waals surface area contributed by atoms with Crippen LogP contribution in [0.1, 0.15) is 38.3 Å². The topological polar surface area (TPSA) is 110 Å². The lowest BCUT2D eigenvalue weighted by Crippen LogP contribution is -2.47. The maximum Gasteiger partial charge on any atom is 0.321 e. The minimum absolute atomic E-state index is 0.0683. The largest absolute Gasteiger partial charge is 0.384 e. The second-order valence-corrected chi connectivity index (χ2v) is 8.10. The monoisotopic (exact) mass is 363 g/mol. The standard InChI is InChI=1S/C17H25N5O2S/c1-9-5-14(18)21-17(19-9)25-8-15(23)22-16(24)20-10(2)13-7-11-3-4-12(13)6-11/h5,10-13H,3-4,6-8H2,1-2H3,(H2,18,19,21)(H2,20,22,23,24). The van der Waals surface area contributed by atoms with Crippen LogP contribution in [0.25, 0.3) is 0 Å². The molecule has 136 valence electrons. The summed E-state index contributed by atoms with van der Waals surface area (Å²) in [6.07, 6.45) is 5.11. The van der Waals surface area contributed by atoms with E-state index in [9.17, 15) is 9.59 Å². The van der Waals surface area contributed by atoms with Gasteiger partial charge in [0.2, 0.25) is 5.91 Å². The van der Waals surface area contributed by atoms with Gasteiger partial charge < -0.3 is 11.1 Å². The van der Waals surface area contributed by atoms with Gasteiger partial charge in [-0.05, 0) is 50.9 Å². The Balaban J connectivity index is 1.42. The fourth-order valence-corrected chi connectivity index (χ4v) is 4.89. The number of amides is 3. The molecule has 4 unspecified atom stereocenters. The van der Waals surface area contributed by atoms with Crippen molar-refractivity contribution in [1.29, 1.82) is 0 Å². The quantitative estimate of drug-likeness (QED) is 0.546. The van der Waals surface area contributed by atoms with Gasteiger partial charge in [0, 0.05) is 17.8 Å². The molecule has 3 amide bonds. The average Bonchev–Trinajstić information content (AvgIpc) is 3.15. The van der Waals surface area contributed by atoms with Crippen molar-refractivity contribution in [3.05, 3.63) is 11.8 Å². The summed E-state index contributed by atoms with van der Waals surface area (Å²) < 4.78 is 0. The van der Waals surface area contributed by atoms with Gasteiger partial charge in [-0.3, -0.25) is 10.1 Å². The van der Waals surface area contributed by atoms with Crippen LogP contribution >= 0.6 is 11.8 Å². The highest BCUT2D eigenvalue weighted by Gasteiger charge is 2.42. The summed E-state index contributed by atoms with van der Waals surface area (Å²) in [5.41, 5.74) is 6.40. The number of imide groups is 1. The molecular weight excluding hydrogens is 338 g/mol. The first-order valence-corrected chi connectivity index (χ1v) is 9.73. The summed E-state index contributed by atoms with van der Waals surface area (Å²) in [4.78, 5) is 32.2. The first kappa shape index (κ1) is 18.0. The Morgan fingerprint density at radius 3 is 2.80 bits per heavy atom. The molecule has 3 rings (SSSR count). The highest BCUT2D eigenvalue weighted by Crippen LogP contribution is 2.49. The lowest BCUT2D eigenvalue weighted by atomic mass is 9.84. The Labute approximate surface area is 151 Å². The lowest BCUT2D eigenvalue weighted by molar-refractivity contribution is -0.117. The number of carbonyl (C=O) groups is 2. The van der Waals surface area contributed by atoms with Gasteiger partial charge in [-0.2, -0.15) is 0 Å². The number of hydrogen-bond acceptors (Lipinski definition) is 6. The number of nitrogens with two attached hydrogens (primary N) is 1. The van der Waals surface area contributed by atoms with Crippen molar-refractivity contribution >= 4 is 29.5 Å². The predicted octanol–water partition coefficient (Wildman–Crippen LogP) is 2.11. The fraction of sp³-hybridized carbons (Fsp3) is 0.647. The molecule has 2 fully saturated rings. The van der Waals surface area contributed by atoms with Gasteiger partial charge in [0.1, 0.15) is 5.82 Å². The molecule has 8 heteroatoms. The zero-order valence-corrected chi connectivity index (χ0v) is 15.4. The summed E-state index contributed by atoms with van der Waals surface area (Å²) in [5, 5.41) is 5.74. The van der Waals surface area contributed by atoms with Crippen molar-refractivity contribution in [2.45, 2.75) is 50.7 Å². The number of fused-ring (bicyclic) bond motifs is 2. The molecule has 2 saturated carbocycles. The number of aryl methyl sites for hydroxylation is 1. The molecule has 0 radical (unpaired) electrons. The van der Waals surface area contributed by atoms with E-state index in [4.69, 9.17) is 5.73 Å². The molecule has 2 aliphatic rings. The third-order valence-corrected chi connectivity index (χ3v) is 6.08. The lowest BCUT2D eigenvalue weighted by Gasteiger charge is -2.28. The van der Waals surface area contributed by atoms with Crippen molar-refractivity contribution in [3.63, 3.8) is 0 Å². The molecule has 0 spiro atoms. The summed E-state index contributed by atoms with van der Waals surface area (Å²) in [5.74, 6) is 2.17. The highest BCUT2D eigenvalue weighted by molar-refractivity contribution is 7.99. The van der Waals surface area contributed by atoms with Gasteiger partial charge in [0.15, 0.2) is 5.16 Å². The van der Waals surface area contributed by atoms with Gasteiger partial charge in [-0.1, -0.05) is 18.2 Å². The van der Waals surface area contributed by atoms with Gasteiger partial charge in [0.05, 0.1) is 5.75 Å². The molecule has 1 aromatic heterocycles. The van der Waals surface area contributed by atoms with E-state index in [2.05, 4.69) is 20.6 Å². The molecule has 1 heterocycles. The van der Waals surface area contributed by atoms with Crippen LogP contribution in [0.5, 0.6) is 0 Å². The molecule has 25 heavy (non-hydrogen) atoms. The third kappa shape index (κ3) is 4.62. The third-order valence-electron chi connectivity index (χ3n) is 5.23. The van der Waals surface area contributed by atoms with Crippen molar-refractivity contribution in [1.82, 2.24) is 20.6 Å². The van der Waals surface area contributed by atoms with Crippen LogP contribution < -0.4 is 16.4 Å². The summed E-state index contributed by atoms with van der Waals surface area (Å²) in [7, 11) is 0. The van der Waals surface area contributed by atoms with Crippen molar-refractivity contribution in [2.75, 3.05) is 11.5 Å². The number of aromatic nitrogens is 2. The van der Waals surface area contributed by atoms with Crippen LogP contribution in [0.2, 0.25) is 0 Å². The Kier molecular flexibility index (Phi) is 5.46. The van der Waals surface area contributed by atoms with Crippen LogP contribution in [0.3, 0.4) is 0 Å². The molecular formula is C17H25N5O2S. The van der Waals surface area contributed by atoms with Gasteiger partial charge in [-0.15, -0.1) is 0 Å². The molecule has 0 aliphatic heterocycles. The van der Waals surface area contributed by atoms with Crippen LogP contribution in [0.15, 0.2) is 11.2 Å². The number of hydrogen-bond donors (Lipinski definition) is 3. The molecule has 0 saturated heterocycles. The van der Waals surface area contributed by atoms with Crippen molar-refractivity contribution in [2.24, 2.45) is 17.8 Å².